The van der Waals surface area contributed by atoms with Gasteiger partial charge in [0.05, 0.1) is 32.5 Å². The molecule has 1 aliphatic heterocycles. The van der Waals surface area contributed by atoms with Gasteiger partial charge >= 0.3 is 6.03 Å². The molecule has 1 aliphatic rings. The second kappa shape index (κ2) is 16.4. The van der Waals surface area contributed by atoms with Crippen LogP contribution in [0.1, 0.15) is 59.7 Å². The Morgan fingerprint density at radius 1 is 0.889 bits per heavy atom. The van der Waals surface area contributed by atoms with Gasteiger partial charge in [-0.05, 0) is 31.9 Å². The first-order valence-electron chi connectivity index (χ1n) is 12.3. The van der Waals surface area contributed by atoms with Crippen LogP contribution in [-0.4, -0.2) is 81.5 Å². The van der Waals surface area contributed by atoms with E-state index in [1.54, 1.807) is 0 Å². The molecule has 198 valence electrons. The Balaban J connectivity index is 1.37. The first kappa shape index (κ1) is 28.9. The second-order valence-electron chi connectivity index (χ2n) is 8.50. The molecule has 1 heterocycles. The third-order valence-corrected chi connectivity index (χ3v) is 5.71. The van der Waals surface area contributed by atoms with Gasteiger partial charge in [0.25, 0.3) is 5.91 Å². The van der Waals surface area contributed by atoms with Crippen molar-refractivity contribution < 1.29 is 33.4 Å². The van der Waals surface area contributed by atoms with Crippen molar-refractivity contribution in [1.82, 2.24) is 21.3 Å². The number of hydrogen-bond donors (Lipinski definition) is 4. The highest BCUT2D eigenvalue weighted by Crippen LogP contribution is 2.11. The van der Waals surface area contributed by atoms with Crippen LogP contribution in [0.2, 0.25) is 0 Å². The van der Waals surface area contributed by atoms with E-state index in [1.165, 1.54) is 24.3 Å². The molecule has 0 radical (unpaired) electrons. The summed E-state index contributed by atoms with van der Waals surface area (Å²) in [6.07, 6.45) is 4.33. The Labute approximate surface area is 211 Å². The number of nitrogens with one attached hydrogen (secondary N) is 4. The predicted molar refractivity (Wildman–Crippen MR) is 132 cm³/mol. The van der Waals surface area contributed by atoms with E-state index in [2.05, 4.69) is 21.3 Å². The Hall–Kier alpha value is -3.31. The molecular weight excluding hydrogens is 468 g/mol. The van der Waals surface area contributed by atoms with Crippen molar-refractivity contribution in [2.24, 2.45) is 0 Å². The molecule has 11 heteroatoms. The summed E-state index contributed by atoms with van der Waals surface area (Å²) in [5.41, 5.74) is 0.620. The fourth-order valence-electron chi connectivity index (χ4n) is 3.66. The molecule has 1 aromatic rings. The fourth-order valence-corrected chi connectivity index (χ4v) is 3.66. The number of carbonyl (C=O) groups is 5. The minimum absolute atomic E-state index is 0.000210. The highest BCUT2D eigenvalue weighted by molar-refractivity contribution is 6.33. The van der Waals surface area contributed by atoms with Crippen LogP contribution < -0.4 is 21.3 Å². The quantitative estimate of drug-likeness (QED) is 0.101. The van der Waals surface area contributed by atoms with Crippen molar-refractivity contribution in [3.63, 3.8) is 0 Å². The first-order valence-corrected chi connectivity index (χ1v) is 12.3. The van der Waals surface area contributed by atoms with Gasteiger partial charge in [-0.15, -0.1) is 0 Å². The van der Waals surface area contributed by atoms with Gasteiger partial charge < -0.3 is 30.7 Å². The summed E-state index contributed by atoms with van der Waals surface area (Å²) in [6, 6.07) is 6.03. The van der Waals surface area contributed by atoms with E-state index < -0.39 is 5.78 Å². The number of ether oxygens (including phenoxy) is 2. The number of hydrogen-bond acceptors (Lipinski definition) is 7. The molecule has 36 heavy (non-hydrogen) atoms. The topological polar surface area (TPSA) is 152 Å². The van der Waals surface area contributed by atoms with Crippen LogP contribution in [0.25, 0.3) is 0 Å². The number of aldehydes is 1. The van der Waals surface area contributed by atoms with E-state index in [0.29, 0.717) is 51.5 Å². The van der Waals surface area contributed by atoms with Crippen molar-refractivity contribution in [2.45, 2.75) is 51.1 Å². The Morgan fingerprint density at radius 2 is 1.53 bits per heavy atom. The van der Waals surface area contributed by atoms with Crippen molar-refractivity contribution in [2.75, 3.05) is 39.5 Å². The van der Waals surface area contributed by atoms with Gasteiger partial charge in [-0.25, -0.2) is 4.79 Å². The zero-order valence-electron chi connectivity index (χ0n) is 20.7. The smallest absolute Gasteiger partial charge is 0.315 e. The van der Waals surface area contributed by atoms with Gasteiger partial charge in [-0.3, -0.25) is 19.2 Å². The van der Waals surface area contributed by atoms with Crippen LogP contribution in [0.4, 0.5) is 4.79 Å². The monoisotopic (exact) mass is 504 g/mol. The molecule has 0 bridgehead atoms. The molecule has 2 atom stereocenters. The summed E-state index contributed by atoms with van der Waals surface area (Å²) >= 11 is 0. The van der Waals surface area contributed by atoms with Gasteiger partial charge in [0, 0.05) is 36.7 Å². The molecule has 4 N–H and O–H groups in total. The molecule has 0 saturated carbocycles. The van der Waals surface area contributed by atoms with Crippen molar-refractivity contribution in [3.8, 4) is 0 Å². The van der Waals surface area contributed by atoms with Crippen molar-refractivity contribution in [1.29, 1.82) is 0 Å². The molecule has 11 nitrogen and oxygen atoms in total. The summed E-state index contributed by atoms with van der Waals surface area (Å²) in [5, 5.41) is 11.2. The summed E-state index contributed by atoms with van der Waals surface area (Å²) in [6.45, 7) is 4.18. The highest BCUT2D eigenvalue weighted by Gasteiger charge is 2.26. The number of benzene rings is 1. The van der Waals surface area contributed by atoms with E-state index in [0.717, 1.165) is 25.7 Å². The number of unbranched alkanes of at least 4 members (excludes halogenated alkanes) is 2. The van der Waals surface area contributed by atoms with Gasteiger partial charge in [-0.1, -0.05) is 25.0 Å². The lowest BCUT2D eigenvalue weighted by atomic mass is 10.0. The third kappa shape index (κ3) is 11.0. The largest absolute Gasteiger partial charge is 0.377 e. The van der Waals surface area contributed by atoms with Gasteiger partial charge in [0.15, 0.2) is 6.29 Å². The third-order valence-electron chi connectivity index (χ3n) is 5.71. The van der Waals surface area contributed by atoms with Gasteiger partial charge in [0.2, 0.25) is 11.7 Å². The minimum atomic E-state index is -0.632. The van der Waals surface area contributed by atoms with E-state index in [-0.39, 0.29) is 41.8 Å². The molecular formula is C25H36N4O7. The number of amides is 4. The highest BCUT2D eigenvalue weighted by atomic mass is 16.5. The average molecular weight is 505 g/mol. The number of carbonyl (C=O) groups excluding carboxylic acids is 5. The number of urea groups is 1. The van der Waals surface area contributed by atoms with Crippen LogP contribution in [0.5, 0.6) is 0 Å². The number of Topliss-reactive ketones (excluding diaryl/α,β-unsaturated/α-hetero) is 1. The van der Waals surface area contributed by atoms with Crippen LogP contribution in [0.15, 0.2) is 24.3 Å². The van der Waals surface area contributed by atoms with E-state index in [1.807, 2.05) is 6.92 Å². The number of rotatable bonds is 18. The molecule has 0 aromatic heterocycles. The molecule has 0 unspecified atom stereocenters. The molecule has 1 saturated heterocycles. The molecule has 0 spiro atoms. The maximum Gasteiger partial charge on any atom is 0.315 e. The summed E-state index contributed by atoms with van der Waals surface area (Å²) in [4.78, 5) is 56.9. The Morgan fingerprint density at radius 3 is 2.14 bits per heavy atom. The van der Waals surface area contributed by atoms with Crippen LogP contribution in [-0.2, 0) is 19.1 Å². The van der Waals surface area contributed by atoms with Crippen LogP contribution >= 0.6 is 0 Å². The van der Waals surface area contributed by atoms with E-state index >= 15 is 0 Å². The zero-order valence-corrected chi connectivity index (χ0v) is 20.7. The fraction of sp³-hybridized carbons (Fsp3) is 0.560. The lowest BCUT2D eigenvalue weighted by Crippen LogP contribution is -2.30. The van der Waals surface area contributed by atoms with Crippen molar-refractivity contribution in [3.05, 3.63) is 35.4 Å². The van der Waals surface area contributed by atoms with Crippen LogP contribution in [0.3, 0.4) is 0 Å². The number of ketones is 1. The molecule has 0 aliphatic carbocycles. The summed E-state index contributed by atoms with van der Waals surface area (Å²) in [7, 11) is 0. The summed E-state index contributed by atoms with van der Waals surface area (Å²) in [5.74, 6) is -0.933. The van der Waals surface area contributed by atoms with Crippen molar-refractivity contribution >= 4 is 29.9 Å². The second-order valence-corrected chi connectivity index (χ2v) is 8.50. The molecule has 4 amide bonds. The molecule has 2 rings (SSSR count). The van der Waals surface area contributed by atoms with E-state index in [9.17, 15) is 24.0 Å². The van der Waals surface area contributed by atoms with Gasteiger partial charge in [0.1, 0.15) is 0 Å². The maximum atomic E-state index is 12.0. The Kier molecular flexibility index (Phi) is 13.2. The molecule has 1 aromatic carbocycles. The lowest BCUT2D eigenvalue weighted by molar-refractivity contribution is -0.121. The lowest BCUT2D eigenvalue weighted by Gasteiger charge is -2.13. The predicted octanol–water partition coefficient (Wildman–Crippen LogP) is 0.968. The Bertz CT molecular complexity index is 876. The normalized spacial score (nSPS) is 16.6. The average Bonchev–Trinajstić information content (AvgIpc) is 3.20. The minimum Gasteiger partial charge on any atom is -0.377 e. The summed E-state index contributed by atoms with van der Waals surface area (Å²) < 4.78 is 10.8. The first-order chi connectivity index (χ1) is 17.4. The van der Waals surface area contributed by atoms with E-state index in [4.69, 9.17) is 9.47 Å². The maximum absolute atomic E-state index is 12.0. The van der Waals surface area contributed by atoms with Crippen LogP contribution in [0, 0.1) is 0 Å². The van der Waals surface area contributed by atoms with Gasteiger partial charge in [-0.2, -0.15) is 0 Å². The SMILES string of the molecule is C[C@@H]1NC(=O)N[C@@H]1CCCCCC(=O)NCCOCCOCCNC(=O)c1ccc(C(=O)C=O)cc1. The molecule has 1 fully saturated rings. The standard InChI is InChI=1S/C25H36N4O7/c1-18-21(29-25(34)28-18)5-3-2-4-6-23(32)26-11-13-35-15-16-36-14-12-27-24(33)20-9-7-19(8-10-20)22(31)17-30/h7-10,17-18,21H,2-6,11-16H2,1H3,(H,26,32)(H,27,33)(H2,28,29,34)/t18-,21+/m0/s1. The zero-order chi connectivity index (χ0) is 26.2.